The number of rotatable bonds is 5. The Morgan fingerprint density at radius 3 is 2.63 bits per heavy atom. The lowest BCUT2D eigenvalue weighted by Gasteiger charge is -2.03. The van der Waals surface area contributed by atoms with Crippen LogP contribution in [0.4, 0.5) is 5.69 Å². The van der Waals surface area contributed by atoms with Crippen LogP contribution in [0.25, 0.3) is 16.9 Å². The van der Waals surface area contributed by atoms with E-state index in [1.54, 1.807) is 37.3 Å². The van der Waals surface area contributed by atoms with E-state index >= 15 is 0 Å². The van der Waals surface area contributed by atoms with Gasteiger partial charge in [0.15, 0.2) is 0 Å². The van der Waals surface area contributed by atoms with Gasteiger partial charge in [0.1, 0.15) is 11.3 Å². The average Bonchev–Trinajstić information content (AvgIpc) is 3.09. The lowest BCUT2D eigenvalue weighted by molar-refractivity contribution is -0.384. The summed E-state index contributed by atoms with van der Waals surface area (Å²) in [5.41, 5.74) is 0.843. The molecule has 0 unspecified atom stereocenters. The maximum atomic E-state index is 12.4. The molecule has 0 aliphatic heterocycles. The summed E-state index contributed by atoms with van der Waals surface area (Å²) in [4.78, 5) is 23.3. The van der Waals surface area contributed by atoms with Gasteiger partial charge in [-0.05, 0) is 31.2 Å². The average molecular weight is 406 g/mol. The molecule has 0 radical (unpaired) electrons. The first kappa shape index (κ1) is 18.9. The molecule has 7 nitrogen and oxygen atoms in total. The largest absolute Gasteiger partial charge is 0.462 e. The fraction of sp³-hybridized carbons (Fsp3) is 0.111. The standard InChI is InChI=1S/C18H13Cl2N3O4/c1-2-27-18(24)13-10-22(11-7-8-14(19)15(20)9-11)21-17(13)12-5-3-4-6-16(12)23(25)26/h3-10H,2H2,1H3. The maximum Gasteiger partial charge on any atom is 0.342 e. The van der Waals surface area contributed by atoms with Crippen LogP contribution < -0.4 is 0 Å². The molecule has 0 saturated carbocycles. The molecule has 0 spiro atoms. The summed E-state index contributed by atoms with van der Waals surface area (Å²) >= 11 is 12.0. The van der Waals surface area contributed by atoms with Crippen molar-refractivity contribution < 1.29 is 14.5 Å². The van der Waals surface area contributed by atoms with Gasteiger partial charge >= 0.3 is 5.97 Å². The molecular weight excluding hydrogens is 393 g/mol. The molecule has 1 heterocycles. The number of halogens is 2. The monoisotopic (exact) mass is 405 g/mol. The molecule has 27 heavy (non-hydrogen) atoms. The Balaban J connectivity index is 2.21. The lowest BCUT2D eigenvalue weighted by atomic mass is 10.1. The van der Waals surface area contributed by atoms with Crippen LogP contribution >= 0.6 is 23.2 Å². The van der Waals surface area contributed by atoms with Crippen LogP contribution in [0.5, 0.6) is 0 Å². The first-order valence-corrected chi connectivity index (χ1v) is 8.64. The molecule has 0 bridgehead atoms. The van der Waals surface area contributed by atoms with E-state index in [2.05, 4.69) is 5.10 Å². The van der Waals surface area contributed by atoms with Crippen LogP contribution in [0.1, 0.15) is 17.3 Å². The second-order valence-electron chi connectivity index (χ2n) is 5.43. The molecule has 3 rings (SSSR count). The number of carbonyl (C=O) groups is 1. The van der Waals surface area contributed by atoms with Gasteiger partial charge in [-0.25, -0.2) is 9.48 Å². The number of nitro benzene ring substituents is 1. The zero-order valence-electron chi connectivity index (χ0n) is 14.1. The molecule has 0 saturated heterocycles. The van der Waals surface area contributed by atoms with Crippen LogP contribution in [0.2, 0.25) is 10.0 Å². The molecule has 138 valence electrons. The third-order valence-electron chi connectivity index (χ3n) is 3.73. The Morgan fingerprint density at radius 1 is 1.22 bits per heavy atom. The molecule has 0 atom stereocenters. The summed E-state index contributed by atoms with van der Waals surface area (Å²) in [5.74, 6) is -0.628. The number of aromatic nitrogens is 2. The van der Waals surface area contributed by atoms with Gasteiger partial charge in [0.2, 0.25) is 0 Å². The van der Waals surface area contributed by atoms with Crippen molar-refractivity contribution in [3.05, 3.63) is 74.4 Å². The van der Waals surface area contributed by atoms with E-state index < -0.39 is 10.9 Å². The minimum Gasteiger partial charge on any atom is -0.462 e. The van der Waals surface area contributed by atoms with Crippen LogP contribution in [0.3, 0.4) is 0 Å². The number of ether oxygens (including phenoxy) is 1. The van der Waals surface area contributed by atoms with Crippen molar-refractivity contribution in [3.8, 4) is 16.9 Å². The van der Waals surface area contributed by atoms with Crippen LogP contribution in [-0.4, -0.2) is 27.3 Å². The Hall–Kier alpha value is -2.90. The highest BCUT2D eigenvalue weighted by Crippen LogP contribution is 2.32. The summed E-state index contributed by atoms with van der Waals surface area (Å²) in [6.07, 6.45) is 1.45. The van der Waals surface area contributed by atoms with E-state index in [0.29, 0.717) is 15.7 Å². The van der Waals surface area contributed by atoms with Gasteiger partial charge in [0.25, 0.3) is 5.69 Å². The van der Waals surface area contributed by atoms with E-state index in [1.165, 1.54) is 23.0 Å². The fourth-order valence-electron chi connectivity index (χ4n) is 2.52. The minimum absolute atomic E-state index is 0.109. The number of benzene rings is 2. The predicted octanol–water partition coefficient (Wildman–Crippen LogP) is 4.93. The minimum atomic E-state index is -0.628. The van der Waals surface area contributed by atoms with E-state index in [0.717, 1.165) is 0 Å². The topological polar surface area (TPSA) is 87.3 Å². The van der Waals surface area contributed by atoms with Crippen LogP contribution in [-0.2, 0) is 4.74 Å². The zero-order chi connectivity index (χ0) is 19.6. The molecule has 1 aromatic heterocycles. The summed E-state index contributed by atoms with van der Waals surface area (Å²) in [6.45, 7) is 1.83. The van der Waals surface area contributed by atoms with Gasteiger partial charge in [0.05, 0.1) is 32.8 Å². The molecular formula is C18H13Cl2N3O4. The first-order valence-electron chi connectivity index (χ1n) is 7.88. The third-order valence-corrected chi connectivity index (χ3v) is 4.47. The summed E-state index contributed by atoms with van der Waals surface area (Å²) < 4.78 is 6.48. The first-order chi connectivity index (χ1) is 12.9. The summed E-state index contributed by atoms with van der Waals surface area (Å²) in [5, 5.41) is 16.4. The number of hydrogen-bond donors (Lipinski definition) is 0. The van der Waals surface area contributed by atoms with Crippen molar-refractivity contribution in [2.45, 2.75) is 6.92 Å². The smallest absolute Gasteiger partial charge is 0.342 e. The third kappa shape index (κ3) is 3.79. The second-order valence-corrected chi connectivity index (χ2v) is 6.24. The number of nitrogens with zero attached hydrogens (tertiary/aromatic N) is 3. The van der Waals surface area contributed by atoms with Gasteiger partial charge in [-0.2, -0.15) is 5.10 Å². The van der Waals surface area contributed by atoms with Crippen molar-refractivity contribution >= 4 is 34.9 Å². The zero-order valence-corrected chi connectivity index (χ0v) is 15.6. The molecule has 2 aromatic carbocycles. The van der Waals surface area contributed by atoms with Crippen molar-refractivity contribution in [1.82, 2.24) is 9.78 Å². The molecule has 0 aliphatic rings. The van der Waals surface area contributed by atoms with Crippen molar-refractivity contribution in [1.29, 1.82) is 0 Å². The Kier molecular flexibility index (Phi) is 5.43. The Bertz CT molecular complexity index is 1030. The van der Waals surface area contributed by atoms with Gasteiger partial charge < -0.3 is 4.74 Å². The van der Waals surface area contributed by atoms with Crippen molar-refractivity contribution in [2.24, 2.45) is 0 Å². The number of esters is 1. The SMILES string of the molecule is CCOC(=O)c1cn(-c2ccc(Cl)c(Cl)c2)nc1-c1ccccc1[N+](=O)[O-]. The summed E-state index contributed by atoms with van der Waals surface area (Å²) in [7, 11) is 0. The highest BCUT2D eigenvalue weighted by molar-refractivity contribution is 6.42. The highest BCUT2D eigenvalue weighted by Gasteiger charge is 2.25. The van der Waals surface area contributed by atoms with E-state index in [-0.39, 0.29) is 29.1 Å². The van der Waals surface area contributed by atoms with Crippen LogP contribution in [0.15, 0.2) is 48.7 Å². The van der Waals surface area contributed by atoms with Crippen LogP contribution in [0, 0.1) is 10.1 Å². The second kappa shape index (κ2) is 7.77. The van der Waals surface area contributed by atoms with E-state index in [9.17, 15) is 14.9 Å². The molecule has 3 aromatic rings. The number of nitro groups is 1. The van der Waals surface area contributed by atoms with Crippen molar-refractivity contribution in [3.63, 3.8) is 0 Å². The summed E-state index contributed by atoms with van der Waals surface area (Å²) in [6, 6.07) is 10.9. The van der Waals surface area contributed by atoms with Gasteiger partial charge in [-0.15, -0.1) is 0 Å². The van der Waals surface area contributed by atoms with Gasteiger partial charge in [0, 0.05) is 12.3 Å². The Morgan fingerprint density at radius 2 is 1.96 bits per heavy atom. The molecule has 0 amide bonds. The lowest BCUT2D eigenvalue weighted by Crippen LogP contribution is -2.05. The van der Waals surface area contributed by atoms with E-state index in [1.807, 2.05) is 0 Å². The molecule has 9 heteroatoms. The number of para-hydroxylation sites is 1. The Labute approximate surface area is 164 Å². The maximum absolute atomic E-state index is 12.4. The van der Waals surface area contributed by atoms with Gasteiger partial charge in [-0.3, -0.25) is 10.1 Å². The molecule has 0 fully saturated rings. The molecule has 0 N–H and O–H groups in total. The molecule has 0 aliphatic carbocycles. The quantitative estimate of drug-likeness (QED) is 0.341. The number of carbonyl (C=O) groups excluding carboxylic acids is 1. The fourth-order valence-corrected chi connectivity index (χ4v) is 2.82. The van der Waals surface area contributed by atoms with E-state index in [4.69, 9.17) is 27.9 Å². The number of hydrogen-bond acceptors (Lipinski definition) is 5. The van der Waals surface area contributed by atoms with Crippen molar-refractivity contribution in [2.75, 3.05) is 6.61 Å². The highest BCUT2D eigenvalue weighted by atomic mass is 35.5. The van der Waals surface area contributed by atoms with Gasteiger partial charge in [-0.1, -0.05) is 35.3 Å². The normalized spacial score (nSPS) is 10.6. The predicted molar refractivity (Wildman–Crippen MR) is 102 cm³/mol.